The summed E-state index contributed by atoms with van der Waals surface area (Å²) in [7, 11) is 2.03. The van der Waals surface area contributed by atoms with Crippen LogP contribution in [0.2, 0.25) is 0 Å². The molecule has 0 aromatic carbocycles. The quantitative estimate of drug-likeness (QED) is 0.710. The van der Waals surface area contributed by atoms with Gasteiger partial charge in [-0.25, -0.2) is 0 Å². The smallest absolute Gasteiger partial charge is 0.186 e. The van der Waals surface area contributed by atoms with E-state index < -0.39 is 0 Å². The summed E-state index contributed by atoms with van der Waals surface area (Å²) in [5, 5.41) is 1.95. The molecule has 1 atom stereocenters. The largest absolute Gasteiger partial charge is 0.296 e. The average Bonchev–Trinajstić information content (AvgIpc) is 2.68. The molecule has 1 heterocycles. The summed E-state index contributed by atoms with van der Waals surface area (Å²) in [6, 6.07) is 4.28. The van der Waals surface area contributed by atoms with E-state index >= 15 is 0 Å². The Hall–Kier alpha value is -0.670. The minimum Gasteiger partial charge on any atom is -0.296 e. The molecule has 0 saturated carbocycles. The lowest BCUT2D eigenvalue weighted by Crippen LogP contribution is -2.34. The van der Waals surface area contributed by atoms with Crippen LogP contribution in [0.15, 0.2) is 17.5 Å². The van der Waals surface area contributed by atoms with Crippen LogP contribution in [-0.2, 0) is 0 Å². The molecule has 0 aliphatic rings. The molecule has 1 aromatic rings. The van der Waals surface area contributed by atoms with Gasteiger partial charge in [-0.15, -0.1) is 11.3 Å². The molecule has 90 valence electrons. The van der Waals surface area contributed by atoms with Crippen LogP contribution in [0.3, 0.4) is 0 Å². The standard InChI is InChI=1S/C13H21NOS/c1-10(2)8-11(3)14(4)9-12(15)13-6-5-7-16-13/h5-7,10-11H,8-9H2,1-4H3. The van der Waals surface area contributed by atoms with Crippen LogP contribution < -0.4 is 0 Å². The van der Waals surface area contributed by atoms with Gasteiger partial charge in [-0.2, -0.15) is 0 Å². The first-order valence-electron chi connectivity index (χ1n) is 5.77. The van der Waals surface area contributed by atoms with Gasteiger partial charge in [-0.3, -0.25) is 9.69 Å². The van der Waals surface area contributed by atoms with E-state index in [1.807, 2.05) is 24.6 Å². The van der Waals surface area contributed by atoms with E-state index in [0.29, 0.717) is 18.5 Å². The SMILES string of the molecule is CC(C)CC(C)N(C)CC(=O)c1cccs1. The molecule has 0 radical (unpaired) electrons. The molecule has 1 aromatic heterocycles. The molecule has 0 saturated heterocycles. The molecular weight excluding hydrogens is 218 g/mol. The number of Topliss-reactive ketones (excluding diaryl/α,β-unsaturated/α-hetero) is 1. The number of hydrogen-bond donors (Lipinski definition) is 0. The molecule has 0 fully saturated rings. The highest BCUT2D eigenvalue weighted by atomic mass is 32.1. The molecule has 0 spiro atoms. The number of likely N-dealkylation sites (N-methyl/N-ethyl adjacent to an activating group) is 1. The second-order valence-corrected chi connectivity index (χ2v) is 5.74. The van der Waals surface area contributed by atoms with Crippen molar-refractivity contribution in [3.05, 3.63) is 22.4 Å². The molecule has 0 aliphatic heterocycles. The lowest BCUT2D eigenvalue weighted by Gasteiger charge is -2.25. The van der Waals surface area contributed by atoms with Gasteiger partial charge in [0.25, 0.3) is 0 Å². The molecule has 1 rings (SSSR count). The maximum Gasteiger partial charge on any atom is 0.186 e. The highest BCUT2D eigenvalue weighted by Crippen LogP contribution is 2.13. The Bertz CT molecular complexity index is 319. The maximum atomic E-state index is 11.9. The minimum atomic E-state index is 0.230. The van der Waals surface area contributed by atoms with Crippen molar-refractivity contribution in [2.24, 2.45) is 5.92 Å². The first-order valence-corrected chi connectivity index (χ1v) is 6.65. The summed E-state index contributed by atoms with van der Waals surface area (Å²) in [6.07, 6.45) is 1.13. The van der Waals surface area contributed by atoms with Crippen LogP contribution in [-0.4, -0.2) is 30.3 Å². The van der Waals surface area contributed by atoms with E-state index in [1.165, 1.54) is 11.3 Å². The van der Waals surface area contributed by atoms with Crippen LogP contribution in [0.4, 0.5) is 0 Å². The molecule has 0 bridgehead atoms. The number of nitrogens with zero attached hydrogens (tertiary/aromatic N) is 1. The number of ketones is 1. The van der Waals surface area contributed by atoms with Crippen molar-refractivity contribution in [2.45, 2.75) is 33.2 Å². The highest BCUT2D eigenvalue weighted by Gasteiger charge is 2.15. The fourth-order valence-corrected chi connectivity index (χ4v) is 2.42. The maximum absolute atomic E-state index is 11.9. The third-order valence-electron chi connectivity index (χ3n) is 2.75. The fourth-order valence-electron chi connectivity index (χ4n) is 1.76. The van der Waals surface area contributed by atoms with E-state index in [1.54, 1.807) is 0 Å². The van der Waals surface area contributed by atoms with Crippen molar-refractivity contribution in [1.82, 2.24) is 4.90 Å². The molecule has 3 heteroatoms. The van der Waals surface area contributed by atoms with Gasteiger partial charge in [0.05, 0.1) is 11.4 Å². The number of hydrogen-bond acceptors (Lipinski definition) is 3. The zero-order valence-electron chi connectivity index (χ0n) is 10.6. The van der Waals surface area contributed by atoms with Gasteiger partial charge in [0, 0.05) is 6.04 Å². The summed E-state index contributed by atoms with van der Waals surface area (Å²) >= 11 is 1.52. The number of thiophene rings is 1. The third kappa shape index (κ3) is 4.06. The second kappa shape index (κ2) is 6.16. The van der Waals surface area contributed by atoms with Gasteiger partial charge in [0.1, 0.15) is 0 Å². The fraction of sp³-hybridized carbons (Fsp3) is 0.615. The van der Waals surface area contributed by atoms with Gasteiger partial charge in [-0.05, 0) is 37.8 Å². The zero-order valence-corrected chi connectivity index (χ0v) is 11.4. The van der Waals surface area contributed by atoms with E-state index in [2.05, 4.69) is 25.7 Å². The molecule has 0 amide bonds. The molecule has 2 nitrogen and oxygen atoms in total. The summed E-state index contributed by atoms with van der Waals surface area (Å²) < 4.78 is 0. The predicted octanol–water partition coefficient (Wildman–Crippen LogP) is 3.30. The Kier molecular flexibility index (Phi) is 5.16. The number of rotatable bonds is 6. The van der Waals surface area contributed by atoms with Crippen molar-refractivity contribution < 1.29 is 4.79 Å². The van der Waals surface area contributed by atoms with E-state index in [4.69, 9.17) is 0 Å². The Balaban J connectivity index is 2.45. The lowest BCUT2D eigenvalue weighted by atomic mass is 10.0. The van der Waals surface area contributed by atoms with Crippen molar-refractivity contribution in [2.75, 3.05) is 13.6 Å². The topological polar surface area (TPSA) is 20.3 Å². The monoisotopic (exact) mass is 239 g/mol. The van der Waals surface area contributed by atoms with Crippen LogP contribution >= 0.6 is 11.3 Å². The summed E-state index contributed by atoms with van der Waals surface area (Å²) in [5.74, 6) is 0.905. The third-order valence-corrected chi connectivity index (χ3v) is 3.66. The normalized spacial score (nSPS) is 13.4. The van der Waals surface area contributed by atoms with Crippen LogP contribution in [0.1, 0.15) is 36.9 Å². The molecule has 0 aliphatic carbocycles. The summed E-state index contributed by atoms with van der Waals surface area (Å²) in [4.78, 5) is 14.9. The first-order chi connectivity index (χ1) is 7.50. The Morgan fingerprint density at radius 3 is 2.62 bits per heavy atom. The Labute approximate surface area is 102 Å². The Morgan fingerprint density at radius 1 is 1.44 bits per heavy atom. The lowest BCUT2D eigenvalue weighted by molar-refractivity contribution is 0.0920. The second-order valence-electron chi connectivity index (χ2n) is 4.79. The number of carbonyl (C=O) groups excluding carboxylic acids is 1. The van der Waals surface area contributed by atoms with Crippen LogP contribution in [0.5, 0.6) is 0 Å². The minimum absolute atomic E-state index is 0.230. The van der Waals surface area contributed by atoms with Gasteiger partial charge in [0.15, 0.2) is 5.78 Å². The summed E-state index contributed by atoms with van der Waals surface area (Å²) in [6.45, 7) is 7.13. The van der Waals surface area contributed by atoms with Crippen molar-refractivity contribution in [3.63, 3.8) is 0 Å². The van der Waals surface area contributed by atoms with Crippen LogP contribution in [0, 0.1) is 5.92 Å². The molecular formula is C13H21NOS. The Morgan fingerprint density at radius 2 is 2.12 bits per heavy atom. The van der Waals surface area contributed by atoms with Gasteiger partial charge < -0.3 is 0 Å². The van der Waals surface area contributed by atoms with Crippen molar-refractivity contribution in [3.8, 4) is 0 Å². The number of carbonyl (C=O) groups is 1. The highest BCUT2D eigenvalue weighted by molar-refractivity contribution is 7.12. The predicted molar refractivity (Wildman–Crippen MR) is 70.2 cm³/mol. The van der Waals surface area contributed by atoms with E-state index in [-0.39, 0.29) is 5.78 Å². The van der Waals surface area contributed by atoms with Gasteiger partial charge >= 0.3 is 0 Å². The van der Waals surface area contributed by atoms with Crippen LogP contribution in [0.25, 0.3) is 0 Å². The summed E-state index contributed by atoms with van der Waals surface area (Å²) in [5.41, 5.74) is 0. The average molecular weight is 239 g/mol. The van der Waals surface area contributed by atoms with Gasteiger partial charge in [0.2, 0.25) is 0 Å². The van der Waals surface area contributed by atoms with Crippen molar-refractivity contribution >= 4 is 17.1 Å². The zero-order chi connectivity index (χ0) is 12.1. The van der Waals surface area contributed by atoms with Gasteiger partial charge in [-0.1, -0.05) is 19.9 Å². The molecule has 1 unspecified atom stereocenters. The van der Waals surface area contributed by atoms with E-state index in [9.17, 15) is 4.79 Å². The van der Waals surface area contributed by atoms with E-state index in [0.717, 1.165) is 11.3 Å². The van der Waals surface area contributed by atoms with Crippen molar-refractivity contribution in [1.29, 1.82) is 0 Å². The molecule has 0 N–H and O–H groups in total. The first kappa shape index (κ1) is 13.4. The molecule has 16 heavy (non-hydrogen) atoms.